The molecule has 1 aromatic heterocycles. The molecule has 138 valence electrons. The molecule has 2 N–H and O–H groups in total. The first-order valence-corrected chi connectivity index (χ1v) is 9.85. The van der Waals surface area contributed by atoms with Crippen molar-refractivity contribution in [3.8, 4) is 11.1 Å². The summed E-state index contributed by atoms with van der Waals surface area (Å²) in [5.41, 5.74) is 6.04. The van der Waals surface area contributed by atoms with E-state index >= 15 is 0 Å². The van der Waals surface area contributed by atoms with Crippen molar-refractivity contribution in [2.24, 2.45) is 0 Å². The van der Waals surface area contributed by atoms with E-state index in [0.717, 1.165) is 34.3 Å². The van der Waals surface area contributed by atoms with Gasteiger partial charge in [-0.15, -0.1) is 0 Å². The van der Waals surface area contributed by atoms with Gasteiger partial charge in [0.25, 0.3) is 6.01 Å². The Hall–Kier alpha value is -2.82. The first-order valence-electron chi connectivity index (χ1n) is 9.85. The summed E-state index contributed by atoms with van der Waals surface area (Å²) in [6.07, 6.45) is 7.61. The minimum Gasteiger partial charge on any atom is -0.424 e. The highest BCUT2D eigenvalue weighted by molar-refractivity contribution is 5.94. The maximum atomic E-state index is 11.5. The molecule has 2 aromatic carbocycles. The molecular weight excluding hydrogens is 338 g/mol. The van der Waals surface area contributed by atoms with Gasteiger partial charge in [0.15, 0.2) is 5.58 Å². The summed E-state index contributed by atoms with van der Waals surface area (Å²) in [6.45, 7) is 0. The van der Waals surface area contributed by atoms with Gasteiger partial charge in [0.1, 0.15) is 5.52 Å². The number of nitrogens with one attached hydrogen (secondary N) is 2. The molecule has 0 bridgehead atoms. The Morgan fingerprint density at radius 2 is 1.81 bits per heavy atom. The summed E-state index contributed by atoms with van der Waals surface area (Å²) in [5, 5.41) is 6.39. The van der Waals surface area contributed by atoms with Gasteiger partial charge in [-0.1, -0.05) is 31.4 Å². The molecule has 1 saturated carbocycles. The number of nitrogens with zero attached hydrogens (tertiary/aromatic N) is 1. The topological polar surface area (TPSA) is 67.2 Å². The molecule has 0 spiro atoms. The number of anilines is 2. The van der Waals surface area contributed by atoms with E-state index in [-0.39, 0.29) is 5.91 Å². The van der Waals surface area contributed by atoms with Crippen molar-refractivity contribution < 1.29 is 9.21 Å². The van der Waals surface area contributed by atoms with Crippen molar-refractivity contribution in [2.75, 3.05) is 10.6 Å². The fraction of sp³-hybridized carbons (Fsp3) is 0.364. The molecule has 27 heavy (non-hydrogen) atoms. The summed E-state index contributed by atoms with van der Waals surface area (Å²) in [7, 11) is 0. The zero-order valence-corrected chi connectivity index (χ0v) is 15.3. The molecule has 0 atom stereocenters. The summed E-state index contributed by atoms with van der Waals surface area (Å²) < 4.78 is 5.89. The number of hydrogen-bond donors (Lipinski definition) is 2. The van der Waals surface area contributed by atoms with Crippen LogP contribution in [0, 0.1) is 0 Å². The van der Waals surface area contributed by atoms with Crippen LogP contribution in [0.5, 0.6) is 0 Å². The number of hydrogen-bond acceptors (Lipinski definition) is 4. The molecule has 2 aliphatic rings. The number of aryl methyl sites for hydroxylation is 1. The van der Waals surface area contributed by atoms with Crippen LogP contribution in [0.4, 0.5) is 11.7 Å². The number of benzene rings is 2. The molecule has 1 amide bonds. The maximum Gasteiger partial charge on any atom is 0.295 e. The third kappa shape index (κ3) is 3.29. The molecule has 0 radical (unpaired) electrons. The highest BCUT2D eigenvalue weighted by Gasteiger charge is 2.17. The van der Waals surface area contributed by atoms with Crippen molar-refractivity contribution in [1.82, 2.24) is 4.98 Å². The number of carbonyl (C=O) groups excluding carboxylic acids is 1. The normalized spacial score (nSPS) is 17.6. The molecule has 0 unspecified atom stereocenters. The van der Waals surface area contributed by atoms with Gasteiger partial charge in [0.05, 0.1) is 0 Å². The lowest BCUT2D eigenvalue weighted by atomic mass is 9.96. The fourth-order valence-corrected chi connectivity index (χ4v) is 4.15. The number of carbonyl (C=O) groups is 1. The second-order valence-corrected chi connectivity index (χ2v) is 7.60. The fourth-order valence-electron chi connectivity index (χ4n) is 4.15. The van der Waals surface area contributed by atoms with Crippen LogP contribution in [0.3, 0.4) is 0 Å². The minimum atomic E-state index is 0.0947. The van der Waals surface area contributed by atoms with E-state index < -0.39 is 0 Å². The lowest BCUT2D eigenvalue weighted by Crippen LogP contribution is -2.22. The third-order valence-corrected chi connectivity index (χ3v) is 5.65. The number of fused-ring (bicyclic) bond motifs is 2. The number of oxazole rings is 1. The molecule has 1 aliphatic heterocycles. The zero-order valence-electron chi connectivity index (χ0n) is 15.3. The van der Waals surface area contributed by atoms with E-state index in [4.69, 9.17) is 4.42 Å². The van der Waals surface area contributed by atoms with Crippen molar-refractivity contribution in [3.63, 3.8) is 0 Å². The van der Waals surface area contributed by atoms with E-state index in [9.17, 15) is 4.79 Å². The van der Waals surface area contributed by atoms with Crippen molar-refractivity contribution in [3.05, 3.63) is 42.0 Å². The van der Waals surface area contributed by atoms with E-state index in [2.05, 4.69) is 33.8 Å². The largest absolute Gasteiger partial charge is 0.424 e. The second-order valence-electron chi connectivity index (χ2n) is 7.60. The van der Waals surface area contributed by atoms with Gasteiger partial charge in [-0.2, -0.15) is 4.98 Å². The van der Waals surface area contributed by atoms with Crippen LogP contribution in [-0.2, 0) is 11.2 Å². The second kappa shape index (κ2) is 6.72. The molecular formula is C22H23N3O2. The predicted molar refractivity (Wildman–Crippen MR) is 107 cm³/mol. The quantitative estimate of drug-likeness (QED) is 0.679. The molecule has 5 nitrogen and oxygen atoms in total. The van der Waals surface area contributed by atoms with E-state index in [1.165, 1.54) is 37.7 Å². The minimum absolute atomic E-state index is 0.0947. The SMILES string of the molecule is O=C1CCc2cc(-c3ccc4oc(NC5CCCCC5)nc4c3)ccc2N1. The number of amides is 1. The Kier molecular flexibility index (Phi) is 4.07. The molecule has 1 aliphatic carbocycles. The maximum absolute atomic E-state index is 11.5. The number of aromatic nitrogens is 1. The highest BCUT2D eigenvalue weighted by Crippen LogP contribution is 2.31. The molecule has 1 fully saturated rings. The van der Waals surface area contributed by atoms with Crippen LogP contribution >= 0.6 is 0 Å². The zero-order chi connectivity index (χ0) is 18.2. The molecule has 2 heterocycles. The Balaban J connectivity index is 1.42. The van der Waals surface area contributed by atoms with Crippen molar-refractivity contribution >= 4 is 28.7 Å². The molecule has 5 rings (SSSR count). The van der Waals surface area contributed by atoms with Crippen LogP contribution in [0.15, 0.2) is 40.8 Å². The van der Waals surface area contributed by atoms with Crippen LogP contribution in [-0.4, -0.2) is 16.9 Å². The summed E-state index contributed by atoms with van der Waals surface area (Å²) in [5.74, 6) is 0.0947. The molecule has 0 saturated heterocycles. The standard InChI is InChI=1S/C22H23N3O2/c26-21-11-8-16-12-14(6-9-18(16)24-21)15-7-10-20-19(13-15)25-22(27-20)23-17-4-2-1-3-5-17/h6-7,9-10,12-13,17H,1-5,8,11H2,(H,23,25)(H,24,26). The van der Waals surface area contributed by atoms with Gasteiger partial charge in [-0.05, 0) is 60.2 Å². The van der Waals surface area contributed by atoms with Gasteiger partial charge in [-0.25, -0.2) is 0 Å². The summed E-state index contributed by atoms with van der Waals surface area (Å²) in [4.78, 5) is 16.2. The smallest absolute Gasteiger partial charge is 0.295 e. The highest BCUT2D eigenvalue weighted by atomic mass is 16.4. The molecule has 5 heteroatoms. The monoisotopic (exact) mass is 361 g/mol. The Morgan fingerprint density at radius 1 is 1.00 bits per heavy atom. The Bertz CT molecular complexity index is 1000. The average molecular weight is 361 g/mol. The third-order valence-electron chi connectivity index (χ3n) is 5.65. The summed E-state index contributed by atoms with van der Waals surface area (Å²) in [6, 6.07) is 13.4. The molecule has 3 aromatic rings. The van der Waals surface area contributed by atoms with Crippen LogP contribution in [0.25, 0.3) is 22.2 Å². The van der Waals surface area contributed by atoms with E-state index in [1.54, 1.807) is 0 Å². The Morgan fingerprint density at radius 3 is 2.70 bits per heavy atom. The van der Waals surface area contributed by atoms with Gasteiger partial charge in [0, 0.05) is 18.2 Å². The van der Waals surface area contributed by atoms with Crippen LogP contribution < -0.4 is 10.6 Å². The van der Waals surface area contributed by atoms with Gasteiger partial charge < -0.3 is 15.1 Å². The van der Waals surface area contributed by atoms with Crippen molar-refractivity contribution in [1.29, 1.82) is 0 Å². The average Bonchev–Trinajstić information content (AvgIpc) is 3.09. The first kappa shape index (κ1) is 16.4. The lowest BCUT2D eigenvalue weighted by molar-refractivity contribution is -0.116. The Labute approximate surface area is 158 Å². The van der Waals surface area contributed by atoms with E-state index in [1.807, 2.05) is 18.2 Å². The summed E-state index contributed by atoms with van der Waals surface area (Å²) >= 11 is 0. The van der Waals surface area contributed by atoms with Gasteiger partial charge in [-0.3, -0.25) is 4.79 Å². The lowest BCUT2D eigenvalue weighted by Gasteiger charge is -2.21. The van der Waals surface area contributed by atoms with Crippen molar-refractivity contribution in [2.45, 2.75) is 51.0 Å². The van der Waals surface area contributed by atoms with E-state index in [0.29, 0.717) is 18.5 Å². The number of rotatable bonds is 3. The predicted octanol–water partition coefficient (Wildman–Crippen LogP) is 5.12. The van der Waals surface area contributed by atoms with Crippen LogP contribution in [0.2, 0.25) is 0 Å². The van der Waals surface area contributed by atoms with Gasteiger partial charge >= 0.3 is 0 Å². The van der Waals surface area contributed by atoms with Gasteiger partial charge in [0.2, 0.25) is 5.91 Å². The first-order chi connectivity index (χ1) is 13.2. The van der Waals surface area contributed by atoms with Crippen LogP contribution in [0.1, 0.15) is 44.1 Å².